The van der Waals surface area contributed by atoms with E-state index in [9.17, 15) is 13.2 Å². The van der Waals surface area contributed by atoms with Crippen molar-refractivity contribution in [2.45, 2.75) is 17.6 Å². The van der Waals surface area contributed by atoms with Crippen LogP contribution in [0.3, 0.4) is 0 Å². The van der Waals surface area contributed by atoms with Crippen LogP contribution in [0.1, 0.15) is 11.8 Å². The van der Waals surface area contributed by atoms with Crippen molar-refractivity contribution in [3.8, 4) is 0 Å². The van der Waals surface area contributed by atoms with Gasteiger partial charge in [-0.05, 0) is 36.8 Å². The number of rotatable bonds is 6. The molecule has 1 aromatic carbocycles. The molecule has 0 radical (unpaired) electrons. The van der Waals surface area contributed by atoms with Crippen LogP contribution in [0.2, 0.25) is 5.02 Å². The van der Waals surface area contributed by atoms with Crippen LogP contribution in [0.25, 0.3) is 0 Å². The molecule has 0 spiro atoms. The molecule has 1 aromatic heterocycles. The number of hydrogen-bond acceptors (Lipinski definition) is 4. The highest BCUT2D eigenvalue weighted by Gasteiger charge is 2.17. The Bertz CT molecular complexity index is 772. The Hall–Kier alpha value is -1.41. The third kappa shape index (κ3) is 4.54. The molecule has 1 amide bonds. The first kappa shape index (κ1) is 17.0. The quantitative estimate of drug-likeness (QED) is 0.833. The SMILES string of the molecule is CCc1ccc(S(=O)(=O)NCC(=O)Nc2cccc(Cl)c2)s1. The molecule has 1 heterocycles. The third-order valence-electron chi connectivity index (χ3n) is 2.78. The summed E-state index contributed by atoms with van der Waals surface area (Å²) in [4.78, 5) is 12.8. The number of aryl methyl sites for hydroxylation is 1. The highest BCUT2D eigenvalue weighted by molar-refractivity contribution is 7.91. The number of sulfonamides is 1. The largest absolute Gasteiger partial charge is 0.325 e. The smallest absolute Gasteiger partial charge is 0.250 e. The topological polar surface area (TPSA) is 75.3 Å². The normalized spacial score (nSPS) is 11.4. The predicted molar refractivity (Wildman–Crippen MR) is 89.0 cm³/mol. The lowest BCUT2D eigenvalue weighted by atomic mass is 10.3. The second-order valence-electron chi connectivity index (χ2n) is 4.46. The molecular weight excluding hydrogens is 344 g/mol. The van der Waals surface area contributed by atoms with E-state index in [0.717, 1.165) is 11.3 Å². The summed E-state index contributed by atoms with van der Waals surface area (Å²) >= 11 is 7.01. The Morgan fingerprint density at radius 2 is 2.05 bits per heavy atom. The molecule has 0 aliphatic heterocycles. The summed E-state index contributed by atoms with van der Waals surface area (Å²) in [6, 6.07) is 9.94. The molecule has 22 heavy (non-hydrogen) atoms. The number of benzene rings is 1. The Morgan fingerprint density at radius 1 is 1.27 bits per heavy atom. The average Bonchev–Trinajstić information content (AvgIpc) is 2.95. The van der Waals surface area contributed by atoms with Gasteiger partial charge in [0, 0.05) is 15.6 Å². The van der Waals surface area contributed by atoms with Crippen molar-refractivity contribution < 1.29 is 13.2 Å². The number of halogens is 1. The van der Waals surface area contributed by atoms with Crippen molar-refractivity contribution in [2.75, 3.05) is 11.9 Å². The maximum Gasteiger partial charge on any atom is 0.250 e. The predicted octanol–water partition coefficient (Wildman–Crippen LogP) is 2.88. The average molecular weight is 359 g/mol. The molecular formula is C14H15ClN2O3S2. The number of thiophene rings is 1. The highest BCUT2D eigenvalue weighted by atomic mass is 35.5. The van der Waals surface area contributed by atoms with Gasteiger partial charge < -0.3 is 5.32 Å². The lowest BCUT2D eigenvalue weighted by molar-refractivity contribution is -0.115. The molecule has 5 nitrogen and oxygen atoms in total. The molecule has 0 atom stereocenters. The van der Waals surface area contributed by atoms with Gasteiger partial charge in [-0.15, -0.1) is 11.3 Å². The van der Waals surface area contributed by atoms with Crippen LogP contribution >= 0.6 is 22.9 Å². The van der Waals surface area contributed by atoms with Crippen LogP contribution in [-0.2, 0) is 21.2 Å². The number of carbonyl (C=O) groups is 1. The van der Waals surface area contributed by atoms with Crippen LogP contribution in [-0.4, -0.2) is 20.9 Å². The van der Waals surface area contributed by atoms with E-state index in [1.165, 1.54) is 11.3 Å². The first-order valence-corrected chi connectivity index (χ1v) is 9.22. The summed E-state index contributed by atoms with van der Waals surface area (Å²) in [5.41, 5.74) is 0.515. The fourth-order valence-electron chi connectivity index (χ4n) is 1.70. The molecule has 2 aromatic rings. The van der Waals surface area contributed by atoms with Crippen molar-refractivity contribution in [2.24, 2.45) is 0 Å². The number of carbonyl (C=O) groups excluding carboxylic acids is 1. The second-order valence-corrected chi connectivity index (χ2v) is 8.06. The van der Waals surface area contributed by atoms with Gasteiger partial charge >= 0.3 is 0 Å². The van der Waals surface area contributed by atoms with Crippen LogP contribution in [0.5, 0.6) is 0 Å². The maximum atomic E-state index is 12.1. The minimum atomic E-state index is -3.66. The Kier molecular flexibility index (Phi) is 5.57. The van der Waals surface area contributed by atoms with Crippen LogP contribution in [0.4, 0.5) is 5.69 Å². The first-order valence-electron chi connectivity index (χ1n) is 6.54. The molecule has 0 aliphatic carbocycles. The molecule has 2 N–H and O–H groups in total. The summed E-state index contributed by atoms with van der Waals surface area (Å²) in [5, 5.41) is 3.07. The second kappa shape index (κ2) is 7.23. The number of hydrogen-bond donors (Lipinski definition) is 2. The van der Waals surface area contributed by atoms with Gasteiger partial charge in [-0.3, -0.25) is 4.79 Å². The monoisotopic (exact) mass is 358 g/mol. The molecule has 0 unspecified atom stereocenters. The van der Waals surface area contributed by atoms with Crippen molar-refractivity contribution in [1.29, 1.82) is 0 Å². The van der Waals surface area contributed by atoms with E-state index in [1.807, 2.05) is 6.92 Å². The summed E-state index contributed by atoms with van der Waals surface area (Å²) in [5.74, 6) is -0.460. The highest BCUT2D eigenvalue weighted by Crippen LogP contribution is 2.21. The Labute approximate surface area is 138 Å². The van der Waals surface area contributed by atoms with E-state index in [0.29, 0.717) is 10.7 Å². The van der Waals surface area contributed by atoms with Crippen molar-refractivity contribution in [3.05, 3.63) is 46.3 Å². The van der Waals surface area contributed by atoms with E-state index in [2.05, 4.69) is 10.0 Å². The first-order chi connectivity index (χ1) is 10.4. The minimum absolute atomic E-state index is 0.208. The maximum absolute atomic E-state index is 12.1. The zero-order valence-electron chi connectivity index (χ0n) is 11.8. The van der Waals surface area contributed by atoms with Gasteiger partial charge in [0.1, 0.15) is 4.21 Å². The van der Waals surface area contributed by atoms with Crippen LogP contribution in [0.15, 0.2) is 40.6 Å². The van der Waals surface area contributed by atoms with Gasteiger partial charge in [0.2, 0.25) is 5.91 Å². The summed E-state index contributed by atoms with van der Waals surface area (Å²) < 4.78 is 26.6. The van der Waals surface area contributed by atoms with Gasteiger partial charge in [-0.25, -0.2) is 13.1 Å². The van der Waals surface area contributed by atoms with Crippen LogP contribution < -0.4 is 10.0 Å². The van der Waals surface area contributed by atoms with Gasteiger partial charge in [0.05, 0.1) is 6.54 Å². The summed E-state index contributed by atoms with van der Waals surface area (Å²) in [6.07, 6.45) is 0.773. The van der Waals surface area contributed by atoms with E-state index in [4.69, 9.17) is 11.6 Å². The molecule has 0 aliphatic rings. The standard InChI is InChI=1S/C14H15ClN2O3S2/c1-2-12-6-7-14(21-12)22(19,20)16-9-13(18)17-11-5-3-4-10(15)8-11/h3-8,16H,2,9H2,1H3,(H,17,18). The van der Waals surface area contributed by atoms with E-state index in [-0.39, 0.29) is 10.8 Å². The number of anilines is 1. The molecule has 118 valence electrons. The number of amides is 1. The Balaban J connectivity index is 1.95. The molecule has 0 saturated carbocycles. The molecule has 0 saturated heterocycles. The third-order valence-corrected chi connectivity index (χ3v) is 6.14. The molecule has 0 bridgehead atoms. The lowest BCUT2D eigenvalue weighted by Gasteiger charge is -2.07. The fraction of sp³-hybridized carbons (Fsp3) is 0.214. The summed E-state index contributed by atoms with van der Waals surface area (Å²) in [7, 11) is -3.66. The van der Waals surface area contributed by atoms with Crippen LogP contribution in [0, 0.1) is 0 Å². The lowest BCUT2D eigenvalue weighted by Crippen LogP contribution is -2.32. The molecule has 0 fully saturated rings. The zero-order chi connectivity index (χ0) is 16.2. The Morgan fingerprint density at radius 3 is 2.68 bits per heavy atom. The van der Waals surface area contributed by atoms with Crippen molar-refractivity contribution >= 4 is 44.6 Å². The van der Waals surface area contributed by atoms with Gasteiger partial charge in [0.25, 0.3) is 10.0 Å². The van der Waals surface area contributed by atoms with Gasteiger partial charge in [-0.1, -0.05) is 24.6 Å². The van der Waals surface area contributed by atoms with Gasteiger partial charge in [-0.2, -0.15) is 0 Å². The van der Waals surface area contributed by atoms with Gasteiger partial charge in [0.15, 0.2) is 0 Å². The van der Waals surface area contributed by atoms with Crippen molar-refractivity contribution in [1.82, 2.24) is 4.72 Å². The van der Waals surface area contributed by atoms with Crippen molar-refractivity contribution in [3.63, 3.8) is 0 Å². The van der Waals surface area contributed by atoms with E-state index >= 15 is 0 Å². The fourth-order valence-corrected chi connectivity index (χ4v) is 4.21. The van der Waals surface area contributed by atoms with E-state index < -0.39 is 15.9 Å². The molecule has 8 heteroatoms. The molecule has 2 rings (SSSR count). The zero-order valence-corrected chi connectivity index (χ0v) is 14.2. The minimum Gasteiger partial charge on any atom is -0.325 e. The summed E-state index contributed by atoms with van der Waals surface area (Å²) in [6.45, 7) is 1.61. The van der Waals surface area contributed by atoms with E-state index in [1.54, 1.807) is 36.4 Å². The number of nitrogens with one attached hydrogen (secondary N) is 2.